The highest BCUT2D eigenvalue weighted by molar-refractivity contribution is 6.37. The predicted octanol–water partition coefficient (Wildman–Crippen LogP) is 3.16. The molecule has 0 aliphatic rings. The first kappa shape index (κ1) is 23.6. The smallest absolute Gasteiger partial charge is 0.330 e. The highest BCUT2D eigenvalue weighted by Gasteiger charge is 2.26. The van der Waals surface area contributed by atoms with Crippen molar-refractivity contribution in [3.63, 3.8) is 0 Å². The number of nitrogens with zero attached hydrogens (tertiary/aromatic N) is 2. The Labute approximate surface area is 194 Å². The van der Waals surface area contributed by atoms with Crippen molar-refractivity contribution < 1.29 is 9.53 Å². The van der Waals surface area contributed by atoms with E-state index < -0.39 is 17.2 Å². The van der Waals surface area contributed by atoms with Gasteiger partial charge >= 0.3 is 5.69 Å². The first-order valence-electron chi connectivity index (χ1n) is 9.76. The number of aromatic nitrogens is 2. The Morgan fingerprint density at radius 3 is 2.53 bits per heavy atom. The van der Waals surface area contributed by atoms with Crippen LogP contribution < -0.4 is 21.9 Å². The van der Waals surface area contributed by atoms with Gasteiger partial charge in [-0.3, -0.25) is 19.1 Å². The molecule has 1 heterocycles. The number of hydrogen-bond donors (Lipinski definition) is 2. The zero-order chi connectivity index (χ0) is 23.3. The number of carbonyl (C=O) groups is 1. The molecule has 0 saturated carbocycles. The van der Waals surface area contributed by atoms with Crippen molar-refractivity contribution in [1.29, 1.82) is 0 Å². The number of anilines is 2. The summed E-state index contributed by atoms with van der Waals surface area (Å²) in [5.41, 5.74) is 5.65. The maximum absolute atomic E-state index is 13.4. The van der Waals surface area contributed by atoms with Crippen molar-refractivity contribution in [2.24, 2.45) is 0 Å². The lowest BCUT2D eigenvalue weighted by atomic mass is 10.1. The average molecular weight is 477 g/mol. The van der Waals surface area contributed by atoms with Crippen LogP contribution in [0.1, 0.15) is 22.3 Å². The zero-order valence-corrected chi connectivity index (χ0v) is 18.8. The fraction of sp³-hybridized carbons (Fsp3) is 0.227. The topological polar surface area (TPSA) is 110 Å². The van der Waals surface area contributed by atoms with Crippen LogP contribution in [-0.4, -0.2) is 35.7 Å². The highest BCUT2D eigenvalue weighted by Crippen LogP contribution is 2.26. The summed E-state index contributed by atoms with van der Waals surface area (Å²) in [7, 11) is 1.53. The molecule has 0 unspecified atom stereocenters. The summed E-state index contributed by atoms with van der Waals surface area (Å²) in [4.78, 5) is 42.2. The fourth-order valence-electron chi connectivity index (χ4n) is 3.25. The second-order valence-corrected chi connectivity index (χ2v) is 7.84. The predicted molar refractivity (Wildman–Crippen MR) is 126 cm³/mol. The summed E-state index contributed by atoms with van der Waals surface area (Å²) >= 11 is 12.2. The van der Waals surface area contributed by atoms with Crippen molar-refractivity contribution in [3.8, 4) is 0 Å². The third-order valence-electron chi connectivity index (χ3n) is 4.80. The van der Waals surface area contributed by atoms with Crippen LogP contribution in [0.15, 0.2) is 58.1 Å². The highest BCUT2D eigenvalue weighted by atomic mass is 35.5. The molecule has 0 atom stereocenters. The molecule has 1 amide bonds. The van der Waals surface area contributed by atoms with Gasteiger partial charge in [0.25, 0.3) is 11.5 Å². The minimum absolute atomic E-state index is 0.114. The number of methoxy groups -OCH3 is 1. The van der Waals surface area contributed by atoms with Gasteiger partial charge in [0.2, 0.25) is 0 Å². The molecule has 0 spiro atoms. The van der Waals surface area contributed by atoms with Crippen molar-refractivity contribution in [2.75, 3.05) is 30.9 Å². The van der Waals surface area contributed by atoms with Gasteiger partial charge in [-0.15, -0.1) is 0 Å². The van der Waals surface area contributed by atoms with Crippen LogP contribution in [0, 0.1) is 0 Å². The molecule has 0 radical (unpaired) electrons. The lowest BCUT2D eigenvalue weighted by Gasteiger charge is -2.25. The van der Waals surface area contributed by atoms with Gasteiger partial charge in [-0.2, -0.15) is 0 Å². The Balaban J connectivity index is 2.11. The van der Waals surface area contributed by atoms with Crippen LogP contribution in [0.2, 0.25) is 10.0 Å². The van der Waals surface area contributed by atoms with Crippen LogP contribution in [0.5, 0.6) is 0 Å². The van der Waals surface area contributed by atoms with Gasteiger partial charge < -0.3 is 15.4 Å². The second kappa shape index (κ2) is 10.5. The quantitative estimate of drug-likeness (QED) is 0.485. The van der Waals surface area contributed by atoms with E-state index in [9.17, 15) is 14.4 Å². The van der Waals surface area contributed by atoms with E-state index in [0.29, 0.717) is 18.1 Å². The van der Waals surface area contributed by atoms with E-state index in [-0.39, 0.29) is 35.2 Å². The summed E-state index contributed by atoms with van der Waals surface area (Å²) in [5, 5.41) is 0.498. The van der Waals surface area contributed by atoms with Gasteiger partial charge in [-0.25, -0.2) is 4.79 Å². The number of nitrogens with two attached hydrogens (primary N) is 1. The summed E-state index contributed by atoms with van der Waals surface area (Å²) < 4.78 is 6.30. The molecular weight excluding hydrogens is 455 g/mol. The van der Waals surface area contributed by atoms with E-state index in [1.165, 1.54) is 34.8 Å². The molecule has 32 heavy (non-hydrogen) atoms. The molecule has 1 aromatic heterocycles. The standard InChI is InChI=1S/C22H22Cl2N4O4/c1-32-11-5-10-27(21(30)16-9-8-15(23)12-17(16)24)18-19(25)28(22(31)26-20(18)29)13-14-6-3-2-4-7-14/h2-4,6-9,12H,5,10-11,13,25H2,1H3,(H,26,29,31). The molecule has 0 fully saturated rings. The number of H-pyrrole nitrogens is 1. The summed E-state index contributed by atoms with van der Waals surface area (Å²) in [6, 6.07) is 13.6. The van der Waals surface area contributed by atoms with Crippen LogP contribution >= 0.6 is 23.2 Å². The number of nitrogen functional groups attached to an aromatic ring is 1. The molecule has 0 saturated heterocycles. The number of benzene rings is 2. The fourth-order valence-corrected chi connectivity index (χ4v) is 3.74. The number of aromatic amines is 1. The van der Waals surface area contributed by atoms with Crippen molar-refractivity contribution >= 4 is 40.6 Å². The van der Waals surface area contributed by atoms with Crippen LogP contribution in [0.25, 0.3) is 0 Å². The molecule has 168 valence electrons. The van der Waals surface area contributed by atoms with Gasteiger partial charge in [0, 0.05) is 25.3 Å². The minimum Gasteiger partial charge on any atom is -0.385 e. The SMILES string of the molecule is COCCCN(C(=O)c1ccc(Cl)cc1Cl)c1c(N)n(Cc2ccccc2)c(=O)[nH]c1=O. The van der Waals surface area contributed by atoms with Gasteiger partial charge in [0.1, 0.15) is 5.82 Å². The zero-order valence-electron chi connectivity index (χ0n) is 17.3. The summed E-state index contributed by atoms with van der Waals surface area (Å²) in [6.45, 7) is 0.582. The van der Waals surface area contributed by atoms with E-state index in [0.717, 1.165) is 5.56 Å². The molecule has 8 nitrogen and oxygen atoms in total. The molecule has 3 aromatic rings. The number of amides is 1. The van der Waals surface area contributed by atoms with Crippen LogP contribution in [0.3, 0.4) is 0 Å². The van der Waals surface area contributed by atoms with Gasteiger partial charge in [-0.1, -0.05) is 53.5 Å². The van der Waals surface area contributed by atoms with Crippen molar-refractivity contribution in [2.45, 2.75) is 13.0 Å². The third-order valence-corrected chi connectivity index (χ3v) is 5.35. The summed E-state index contributed by atoms with van der Waals surface area (Å²) in [6.07, 6.45) is 0.421. The van der Waals surface area contributed by atoms with Gasteiger partial charge in [0.15, 0.2) is 5.69 Å². The number of rotatable bonds is 8. The number of ether oxygens (including phenoxy) is 1. The largest absolute Gasteiger partial charge is 0.385 e. The molecule has 0 aliphatic heterocycles. The molecule has 3 rings (SSSR count). The first-order chi connectivity index (χ1) is 15.3. The maximum Gasteiger partial charge on any atom is 0.330 e. The van der Waals surface area contributed by atoms with E-state index >= 15 is 0 Å². The molecule has 2 aromatic carbocycles. The molecule has 10 heteroatoms. The maximum atomic E-state index is 13.4. The van der Waals surface area contributed by atoms with Crippen LogP contribution in [0.4, 0.5) is 11.5 Å². The lowest BCUT2D eigenvalue weighted by molar-refractivity contribution is 0.0983. The van der Waals surface area contributed by atoms with Crippen LogP contribution in [-0.2, 0) is 11.3 Å². The van der Waals surface area contributed by atoms with Crippen molar-refractivity contribution in [3.05, 3.63) is 90.5 Å². The normalized spacial score (nSPS) is 10.8. The number of nitrogens with one attached hydrogen (secondary N) is 1. The first-order valence-corrected chi connectivity index (χ1v) is 10.5. The molecule has 3 N–H and O–H groups in total. The number of carbonyl (C=O) groups excluding carboxylic acids is 1. The van der Waals surface area contributed by atoms with E-state index in [4.69, 9.17) is 33.7 Å². The number of hydrogen-bond acceptors (Lipinski definition) is 5. The van der Waals surface area contributed by atoms with E-state index in [1.54, 1.807) is 0 Å². The second-order valence-electron chi connectivity index (χ2n) is 6.99. The molecule has 0 bridgehead atoms. The Morgan fingerprint density at radius 2 is 1.88 bits per heavy atom. The summed E-state index contributed by atoms with van der Waals surface area (Å²) in [5.74, 6) is -0.677. The minimum atomic E-state index is -0.771. The average Bonchev–Trinajstić information content (AvgIpc) is 2.76. The molecule has 0 aliphatic carbocycles. The lowest BCUT2D eigenvalue weighted by Crippen LogP contribution is -2.42. The van der Waals surface area contributed by atoms with Gasteiger partial charge in [0.05, 0.1) is 17.1 Å². The van der Waals surface area contributed by atoms with E-state index in [2.05, 4.69) is 4.98 Å². The Bertz CT molecular complexity index is 1220. The van der Waals surface area contributed by atoms with Crippen molar-refractivity contribution in [1.82, 2.24) is 9.55 Å². The van der Waals surface area contributed by atoms with E-state index in [1.807, 2.05) is 30.3 Å². The monoisotopic (exact) mass is 476 g/mol. The molecular formula is C22H22Cl2N4O4. The number of halogens is 2. The Kier molecular flexibility index (Phi) is 7.74. The third kappa shape index (κ3) is 5.21. The Morgan fingerprint density at radius 1 is 1.16 bits per heavy atom. The van der Waals surface area contributed by atoms with Gasteiger partial charge in [-0.05, 0) is 30.2 Å². The Hall–Kier alpha value is -3.07.